The first-order valence-corrected chi connectivity index (χ1v) is 5.00. The van der Waals surface area contributed by atoms with Crippen LogP contribution in [0.4, 0.5) is 5.95 Å². The van der Waals surface area contributed by atoms with E-state index in [9.17, 15) is 0 Å². The number of anilines is 1. The van der Waals surface area contributed by atoms with Gasteiger partial charge in [-0.2, -0.15) is 10.1 Å². The van der Waals surface area contributed by atoms with E-state index in [1.807, 2.05) is 4.68 Å². The zero-order chi connectivity index (χ0) is 9.26. The third-order valence-electron chi connectivity index (χ3n) is 2.57. The van der Waals surface area contributed by atoms with Crippen LogP contribution in [0, 0.1) is 0 Å². The first-order chi connectivity index (χ1) is 6.31. The highest BCUT2D eigenvalue weighted by atomic mass is 15.4. The number of fused-ring (bicyclic) bond motifs is 1. The molecule has 0 radical (unpaired) electrons. The van der Waals surface area contributed by atoms with Crippen LogP contribution in [0.3, 0.4) is 0 Å². The molecule has 0 bridgehead atoms. The molecule has 1 aromatic heterocycles. The van der Waals surface area contributed by atoms with Crippen LogP contribution in [0.15, 0.2) is 0 Å². The molecule has 4 heteroatoms. The standard InChI is InChI=1S/C9H16N4.H2/c1-3-7(2)8-11-9-10-5-4-6-13(9)12-8;/h7H,3-6H2,1-2H3,(H,10,11,12);1H. The fourth-order valence-electron chi connectivity index (χ4n) is 1.47. The zero-order valence-electron chi connectivity index (χ0n) is 8.25. The van der Waals surface area contributed by atoms with E-state index in [2.05, 4.69) is 29.2 Å². The summed E-state index contributed by atoms with van der Waals surface area (Å²) in [6.07, 6.45) is 2.25. The quantitative estimate of drug-likeness (QED) is 0.759. The SMILES string of the molecule is CCC(C)c1nc2n(n1)CCCN2.[HH]. The minimum Gasteiger partial charge on any atom is -0.354 e. The van der Waals surface area contributed by atoms with Crippen molar-refractivity contribution in [3.05, 3.63) is 5.82 Å². The molecule has 0 aliphatic carbocycles. The maximum atomic E-state index is 4.46. The van der Waals surface area contributed by atoms with Crippen molar-refractivity contribution in [2.24, 2.45) is 0 Å². The molecular weight excluding hydrogens is 164 g/mol. The molecule has 0 saturated carbocycles. The lowest BCUT2D eigenvalue weighted by Crippen LogP contribution is -2.17. The second kappa shape index (κ2) is 3.36. The van der Waals surface area contributed by atoms with Crippen molar-refractivity contribution in [2.75, 3.05) is 11.9 Å². The van der Waals surface area contributed by atoms with Gasteiger partial charge in [0.1, 0.15) is 0 Å². The van der Waals surface area contributed by atoms with Gasteiger partial charge in [0.25, 0.3) is 0 Å². The molecular formula is C9H18N4. The normalized spacial score (nSPS) is 17.7. The van der Waals surface area contributed by atoms with Crippen molar-refractivity contribution >= 4 is 5.95 Å². The summed E-state index contributed by atoms with van der Waals surface area (Å²) in [7, 11) is 0. The maximum absolute atomic E-state index is 4.46. The summed E-state index contributed by atoms with van der Waals surface area (Å²) in [5, 5.41) is 7.72. The van der Waals surface area contributed by atoms with Crippen molar-refractivity contribution in [3.8, 4) is 0 Å². The van der Waals surface area contributed by atoms with Crippen molar-refractivity contribution in [1.29, 1.82) is 0 Å². The molecule has 0 aromatic carbocycles. The molecule has 74 valence electrons. The van der Waals surface area contributed by atoms with Crippen molar-refractivity contribution in [2.45, 2.75) is 39.2 Å². The molecule has 2 rings (SSSR count). The third-order valence-corrected chi connectivity index (χ3v) is 2.57. The Balaban J connectivity index is 0.000000980. The largest absolute Gasteiger partial charge is 0.354 e. The van der Waals surface area contributed by atoms with Crippen LogP contribution in [-0.2, 0) is 6.54 Å². The van der Waals surface area contributed by atoms with Gasteiger partial charge in [-0.05, 0) is 12.8 Å². The van der Waals surface area contributed by atoms with Gasteiger partial charge in [0.15, 0.2) is 5.82 Å². The molecule has 13 heavy (non-hydrogen) atoms. The van der Waals surface area contributed by atoms with E-state index in [0.717, 1.165) is 37.7 Å². The monoisotopic (exact) mass is 182 g/mol. The number of hydrogen-bond donors (Lipinski definition) is 1. The van der Waals surface area contributed by atoms with Gasteiger partial charge in [-0.3, -0.25) is 0 Å². The molecule has 0 amide bonds. The van der Waals surface area contributed by atoms with Crippen molar-refractivity contribution < 1.29 is 1.43 Å². The fraction of sp³-hybridized carbons (Fsp3) is 0.778. The van der Waals surface area contributed by atoms with E-state index >= 15 is 0 Å². The topological polar surface area (TPSA) is 42.7 Å². The van der Waals surface area contributed by atoms with E-state index in [1.165, 1.54) is 0 Å². The van der Waals surface area contributed by atoms with Gasteiger partial charge in [0.05, 0.1) is 0 Å². The predicted molar refractivity (Wildman–Crippen MR) is 53.9 cm³/mol. The Morgan fingerprint density at radius 2 is 2.54 bits per heavy atom. The summed E-state index contributed by atoms with van der Waals surface area (Å²) >= 11 is 0. The Morgan fingerprint density at radius 1 is 1.69 bits per heavy atom. The Bertz CT molecular complexity index is 274. The Morgan fingerprint density at radius 3 is 3.23 bits per heavy atom. The van der Waals surface area contributed by atoms with Gasteiger partial charge >= 0.3 is 0 Å². The van der Waals surface area contributed by atoms with E-state index in [-0.39, 0.29) is 1.43 Å². The lowest BCUT2D eigenvalue weighted by Gasteiger charge is -2.12. The van der Waals surface area contributed by atoms with Gasteiger partial charge in [-0.1, -0.05) is 13.8 Å². The average molecular weight is 182 g/mol. The van der Waals surface area contributed by atoms with Crippen molar-refractivity contribution in [1.82, 2.24) is 14.8 Å². The molecule has 0 fully saturated rings. The minimum absolute atomic E-state index is 0. The number of aromatic nitrogens is 3. The second-order valence-electron chi connectivity index (χ2n) is 3.61. The summed E-state index contributed by atoms with van der Waals surface area (Å²) in [5.74, 6) is 2.40. The number of rotatable bonds is 2. The predicted octanol–water partition coefficient (Wildman–Crippen LogP) is 1.85. The summed E-state index contributed by atoms with van der Waals surface area (Å²) in [6, 6.07) is 0. The van der Waals surface area contributed by atoms with Crippen LogP contribution in [-0.4, -0.2) is 21.3 Å². The van der Waals surface area contributed by atoms with E-state index in [1.54, 1.807) is 0 Å². The molecule has 1 aliphatic rings. The van der Waals surface area contributed by atoms with Crippen LogP contribution >= 0.6 is 0 Å². The number of hydrogen-bond acceptors (Lipinski definition) is 3. The molecule has 0 saturated heterocycles. The summed E-state index contributed by atoms with van der Waals surface area (Å²) in [5.41, 5.74) is 0. The number of aryl methyl sites for hydroxylation is 1. The molecule has 1 N–H and O–H groups in total. The van der Waals surface area contributed by atoms with Crippen LogP contribution in [0.5, 0.6) is 0 Å². The average Bonchev–Trinajstić information content (AvgIpc) is 2.59. The first kappa shape index (κ1) is 8.53. The first-order valence-electron chi connectivity index (χ1n) is 5.00. The lowest BCUT2D eigenvalue weighted by molar-refractivity contribution is 0.552. The Labute approximate surface area is 79.8 Å². The highest BCUT2D eigenvalue weighted by Gasteiger charge is 2.15. The van der Waals surface area contributed by atoms with Crippen LogP contribution in [0.2, 0.25) is 0 Å². The fourth-order valence-corrected chi connectivity index (χ4v) is 1.47. The second-order valence-corrected chi connectivity index (χ2v) is 3.61. The number of nitrogens with one attached hydrogen (secondary N) is 1. The Kier molecular flexibility index (Phi) is 2.20. The molecule has 1 aromatic rings. The zero-order valence-corrected chi connectivity index (χ0v) is 8.25. The summed E-state index contributed by atoms with van der Waals surface area (Å²) in [4.78, 5) is 4.46. The minimum atomic E-state index is 0. The molecule has 2 heterocycles. The molecule has 0 spiro atoms. The summed E-state index contributed by atoms with van der Waals surface area (Å²) < 4.78 is 1.98. The highest BCUT2D eigenvalue weighted by Crippen LogP contribution is 2.18. The van der Waals surface area contributed by atoms with E-state index in [4.69, 9.17) is 0 Å². The van der Waals surface area contributed by atoms with Gasteiger partial charge in [0, 0.05) is 20.4 Å². The van der Waals surface area contributed by atoms with Gasteiger partial charge in [0.2, 0.25) is 5.95 Å². The van der Waals surface area contributed by atoms with Crippen LogP contribution in [0.25, 0.3) is 0 Å². The van der Waals surface area contributed by atoms with Crippen LogP contribution < -0.4 is 5.32 Å². The number of nitrogens with zero attached hydrogens (tertiary/aromatic N) is 3. The van der Waals surface area contributed by atoms with Crippen LogP contribution in [0.1, 0.15) is 39.9 Å². The lowest BCUT2D eigenvalue weighted by atomic mass is 10.1. The summed E-state index contributed by atoms with van der Waals surface area (Å²) in [6.45, 7) is 6.36. The third kappa shape index (κ3) is 1.53. The smallest absolute Gasteiger partial charge is 0.221 e. The van der Waals surface area contributed by atoms with Gasteiger partial charge in [-0.25, -0.2) is 4.68 Å². The van der Waals surface area contributed by atoms with Gasteiger partial charge in [-0.15, -0.1) is 0 Å². The van der Waals surface area contributed by atoms with E-state index in [0.29, 0.717) is 5.92 Å². The van der Waals surface area contributed by atoms with Gasteiger partial charge < -0.3 is 5.32 Å². The molecule has 1 unspecified atom stereocenters. The van der Waals surface area contributed by atoms with Crippen molar-refractivity contribution in [3.63, 3.8) is 0 Å². The maximum Gasteiger partial charge on any atom is 0.221 e. The molecule has 4 nitrogen and oxygen atoms in total. The Hall–Kier alpha value is -1.06. The molecule has 1 atom stereocenters. The molecule has 1 aliphatic heterocycles. The highest BCUT2D eigenvalue weighted by molar-refractivity contribution is 5.27. The van der Waals surface area contributed by atoms with E-state index < -0.39 is 0 Å².